The molecule has 0 radical (unpaired) electrons. The molecule has 1 fully saturated rings. The van der Waals surface area contributed by atoms with E-state index in [1.54, 1.807) is 24.4 Å². The van der Waals surface area contributed by atoms with Crippen molar-refractivity contribution in [1.29, 1.82) is 0 Å². The zero-order valence-electron chi connectivity index (χ0n) is 13.1. The number of rotatable bonds is 3. The van der Waals surface area contributed by atoms with Gasteiger partial charge in [-0.2, -0.15) is 0 Å². The highest BCUT2D eigenvalue weighted by atomic mass is 19.1. The Balaban J connectivity index is 1.92. The summed E-state index contributed by atoms with van der Waals surface area (Å²) in [6.07, 6.45) is 7.13. The molecule has 1 saturated carbocycles. The highest BCUT2D eigenvalue weighted by Gasteiger charge is 2.24. The Morgan fingerprint density at radius 2 is 2.04 bits per heavy atom. The highest BCUT2D eigenvalue weighted by Crippen LogP contribution is 2.39. The van der Waals surface area contributed by atoms with Gasteiger partial charge in [-0.1, -0.05) is 18.9 Å². The first kappa shape index (κ1) is 14.9. The van der Waals surface area contributed by atoms with E-state index in [0.717, 1.165) is 31.2 Å². The number of benzene rings is 1. The van der Waals surface area contributed by atoms with Crippen molar-refractivity contribution in [3.8, 4) is 11.1 Å². The fraction of sp³-hybridized carbons (Fsp3) is 0.263. The monoisotopic (exact) mass is 324 g/mol. The number of nitrogens with zero attached hydrogens (tertiary/aromatic N) is 1. The van der Waals surface area contributed by atoms with Crippen LogP contribution in [0.1, 0.15) is 47.5 Å². The fourth-order valence-electron chi connectivity index (χ4n) is 3.76. The van der Waals surface area contributed by atoms with Crippen molar-refractivity contribution < 1.29 is 14.3 Å². The van der Waals surface area contributed by atoms with Gasteiger partial charge >= 0.3 is 5.97 Å². The number of nitrogens with one attached hydrogen (secondary N) is 1. The fourth-order valence-corrected chi connectivity index (χ4v) is 3.76. The number of aromatic amines is 1. The van der Waals surface area contributed by atoms with Crippen molar-refractivity contribution in [1.82, 2.24) is 9.97 Å². The maximum atomic E-state index is 14.5. The minimum absolute atomic E-state index is 0.239. The number of carbonyl (C=O) groups is 1. The van der Waals surface area contributed by atoms with Crippen LogP contribution in [0.4, 0.5) is 4.39 Å². The molecule has 5 heteroatoms. The lowest BCUT2D eigenvalue weighted by Crippen LogP contribution is -2.06. The van der Waals surface area contributed by atoms with Gasteiger partial charge < -0.3 is 10.1 Å². The Morgan fingerprint density at radius 1 is 1.25 bits per heavy atom. The van der Waals surface area contributed by atoms with Gasteiger partial charge in [0, 0.05) is 17.1 Å². The third kappa shape index (κ3) is 2.37. The molecule has 3 aromatic rings. The number of hydrogen-bond donors (Lipinski definition) is 2. The molecule has 1 aliphatic carbocycles. The highest BCUT2D eigenvalue weighted by molar-refractivity contribution is 5.95. The summed E-state index contributed by atoms with van der Waals surface area (Å²) in [5, 5.41) is 10.2. The zero-order valence-corrected chi connectivity index (χ0v) is 13.1. The lowest BCUT2D eigenvalue weighted by atomic mass is 9.89. The first-order valence-corrected chi connectivity index (χ1v) is 8.14. The van der Waals surface area contributed by atoms with Crippen LogP contribution in [0.3, 0.4) is 0 Å². The molecule has 24 heavy (non-hydrogen) atoms. The van der Waals surface area contributed by atoms with E-state index in [1.165, 1.54) is 6.20 Å². The van der Waals surface area contributed by atoms with Gasteiger partial charge in [0.15, 0.2) is 0 Å². The van der Waals surface area contributed by atoms with Crippen LogP contribution in [0.15, 0.2) is 36.7 Å². The molecule has 122 valence electrons. The van der Waals surface area contributed by atoms with Crippen molar-refractivity contribution in [2.75, 3.05) is 0 Å². The summed E-state index contributed by atoms with van der Waals surface area (Å²) in [7, 11) is 0. The van der Waals surface area contributed by atoms with Crippen LogP contribution in [-0.4, -0.2) is 21.0 Å². The smallest absolute Gasteiger partial charge is 0.335 e. The molecule has 2 aromatic heterocycles. The van der Waals surface area contributed by atoms with E-state index in [0.29, 0.717) is 27.7 Å². The van der Waals surface area contributed by atoms with Crippen LogP contribution >= 0.6 is 0 Å². The molecule has 0 unspecified atom stereocenters. The standard InChI is InChI=1S/C19H17FN2O2/c20-16-10-22-18-14(7-8-21-18)17(16)12-5-6-13(19(23)24)15(9-12)11-3-1-2-4-11/h5-11H,1-4H2,(H,21,22)(H,23,24). The van der Waals surface area contributed by atoms with Gasteiger partial charge in [0.05, 0.1) is 11.8 Å². The first-order chi connectivity index (χ1) is 11.6. The van der Waals surface area contributed by atoms with Crippen molar-refractivity contribution in [2.24, 2.45) is 0 Å². The summed E-state index contributed by atoms with van der Waals surface area (Å²) in [5.74, 6) is -1.09. The van der Waals surface area contributed by atoms with E-state index in [9.17, 15) is 14.3 Å². The van der Waals surface area contributed by atoms with E-state index in [2.05, 4.69) is 9.97 Å². The van der Waals surface area contributed by atoms with Gasteiger partial charge in [-0.3, -0.25) is 0 Å². The number of pyridine rings is 1. The SMILES string of the molecule is O=C(O)c1ccc(-c2c(F)cnc3[nH]ccc23)cc1C1CCCC1. The topological polar surface area (TPSA) is 66.0 Å². The number of aromatic nitrogens is 2. The molecule has 0 saturated heterocycles. The Morgan fingerprint density at radius 3 is 2.79 bits per heavy atom. The molecule has 1 aromatic carbocycles. The van der Waals surface area contributed by atoms with Gasteiger partial charge in [-0.05, 0) is 48.1 Å². The van der Waals surface area contributed by atoms with E-state index in [-0.39, 0.29) is 5.92 Å². The number of aromatic carboxylic acids is 1. The molecular formula is C19H17FN2O2. The predicted octanol–water partition coefficient (Wildman–Crippen LogP) is 4.72. The number of fused-ring (bicyclic) bond motifs is 1. The predicted molar refractivity (Wildman–Crippen MR) is 89.7 cm³/mol. The number of halogens is 1. The number of H-pyrrole nitrogens is 1. The Bertz CT molecular complexity index is 926. The van der Waals surface area contributed by atoms with Gasteiger partial charge in [0.25, 0.3) is 0 Å². The molecule has 2 heterocycles. The van der Waals surface area contributed by atoms with Gasteiger partial charge in [0.1, 0.15) is 11.5 Å². The summed E-state index contributed by atoms with van der Waals surface area (Å²) >= 11 is 0. The Labute approximate surface area is 138 Å². The molecule has 1 aliphatic rings. The summed E-state index contributed by atoms with van der Waals surface area (Å²) in [6, 6.07) is 6.93. The second kappa shape index (κ2) is 5.74. The number of carboxylic acids is 1. The van der Waals surface area contributed by atoms with Crippen LogP contribution in [0.25, 0.3) is 22.2 Å². The third-order valence-corrected chi connectivity index (χ3v) is 4.91. The Hall–Kier alpha value is -2.69. The lowest BCUT2D eigenvalue weighted by molar-refractivity contribution is 0.0695. The maximum Gasteiger partial charge on any atom is 0.335 e. The molecule has 0 amide bonds. The quantitative estimate of drug-likeness (QED) is 0.732. The van der Waals surface area contributed by atoms with Crippen LogP contribution in [-0.2, 0) is 0 Å². The van der Waals surface area contributed by atoms with E-state index >= 15 is 0 Å². The van der Waals surface area contributed by atoms with Crippen molar-refractivity contribution in [3.05, 3.63) is 53.6 Å². The zero-order chi connectivity index (χ0) is 16.7. The largest absolute Gasteiger partial charge is 0.478 e. The second-order valence-corrected chi connectivity index (χ2v) is 6.31. The van der Waals surface area contributed by atoms with Crippen molar-refractivity contribution in [2.45, 2.75) is 31.6 Å². The van der Waals surface area contributed by atoms with Crippen LogP contribution in [0, 0.1) is 5.82 Å². The molecule has 0 spiro atoms. The van der Waals surface area contributed by atoms with E-state index < -0.39 is 11.8 Å². The second-order valence-electron chi connectivity index (χ2n) is 6.31. The van der Waals surface area contributed by atoms with Crippen LogP contribution in [0.2, 0.25) is 0 Å². The van der Waals surface area contributed by atoms with Crippen LogP contribution < -0.4 is 0 Å². The van der Waals surface area contributed by atoms with E-state index in [1.807, 2.05) is 6.07 Å². The molecule has 0 aliphatic heterocycles. The third-order valence-electron chi connectivity index (χ3n) is 4.91. The number of carboxylic acid groups (broad SMARTS) is 1. The number of hydrogen-bond acceptors (Lipinski definition) is 2. The molecular weight excluding hydrogens is 307 g/mol. The molecule has 0 atom stereocenters. The van der Waals surface area contributed by atoms with Gasteiger partial charge in [-0.15, -0.1) is 0 Å². The maximum absolute atomic E-state index is 14.5. The normalized spacial score (nSPS) is 15.2. The van der Waals surface area contributed by atoms with Gasteiger partial charge in [-0.25, -0.2) is 14.2 Å². The minimum Gasteiger partial charge on any atom is -0.478 e. The molecule has 4 nitrogen and oxygen atoms in total. The molecule has 4 rings (SSSR count). The average Bonchev–Trinajstić information content (AvgIpc) is 3.25. The molecule has 0 bridgehead atoms. The minimum atomic E-state index is -0.926. The summed E-state index contributed by atoms with van der Waals surface area (Å²) in [5.41, 5.74) is 2.93. The summed E-state index contributed by atoms with van der Waals surface area (Å²) in [6.45, 7) is 0. The average molecular weight is 324 g/mol. The summed E-state index contributed by atoms with van der Waals surface area (Å²) < 4.78 is 14.5. The Kier molecular flexibility index (Phi) is 3.56. The van der Waals surface area contributed by atoms with E-state index in [4.69, 9.17) is 0 Å². The van der Waals surface area contributed by atoms with Crippen LogP contribution in [0.5, 0.6) is 0 Å². The van der Waals surface area contributed by atoms with Gasteiger partial charge in [0.2, 0.25) is 0 Å². The molecule has 2 N–H and O–H groups in total. The summed E-state index contributed by atoms with van der Waals surface area (Å²) in [4.78, 5) is 18.6. The van der Waals surface area contributed by atoms with Crippen molar-refractivity contribution >= 4 is 17.0 Å². The first-order valence-electron chi connectivity index (χ1n) is 8.14. The lowest BCUT2D eigenvalue weighted by Gasteiger charge is -2.15. The van der Waals surface area contributed by atoms with Crippen molar-refractivity contribution in [3.63, 3.8) is 0 Å².